The Hall–Kier alpha value is -4.13. The van der Waals surface area contributed by atoms with Gasteiger partial charge in [0, 0.05) is 15.7 Å². The van der Waals surface area contributed by atoms with Gasteiger partial charge in [-0.15, -0.1) is 0 Å². The first kappa shape index (κ1) is 25.5. The molecule has 0 spiro atoms. The topological polar surface area (TPSA) is 84.7 Å². The van der Waals surface area contributed by atoms with Gasteiger partial charge in [0.1, 0.15) is 0 Å². The first-order valence-corrected chi connectivity index (χ1v) is 12.9. The number of rotatable bonds is 6. The average molecular weight is 541 g/mol. The molecule has 8 heteroatoms. The molecule has 0 saturated carbocycles. The van der Waals surface area contributed by atoms with Crippen LogP contribution in [-0.4, -0.2) is 17.4 Å². The van der Waals surface area contributed by atoms with Crippen molar-refractivity contribution >= 4 is 52.0 Å². The Morgan fingerprint density at radius 3 is 1.74 bits per heavy atom. The Kier molecular flexibility index (Phi) is 7.45. The number of nitrogens with one attached hydrogen (secondary N) is 4. The number of nitrogens with zero attached hydrogens (tertiary/aromatic N) is 2. The highest BCUT2D eigenvalue weighted by molar-refractivity contribution is 6.31. The van der Waals surface area contributed by atoms with E-state index in [9.17, 15) is 0 Å². The van der Waals surface area contributed by atoms with Gasteiger partial charge in [-0.05, 0) is 114 Å². The van der Waals surface area contributed by atoms with E-state index in [-0.39, 0.29) is 5.96 Å². The molecule has 0 radical (unpaired) electrons. The molecule has 1 aliphatic carbocycles. The summed E-state index contributed by atoms with van der Waals surface area (Å²) in [7, 11) is 0. The molecule has 4 N–H and O–H groups in total. The highest BCUT2D eigenvalue weighted by Crippen LogP contribution is 2.37. The molecule has 6 nitrogen and oxygen atoms in total. The Morgan fingerprint density at radius 2 is 1.18 bits per heavy atom. The van der Waals surface area contributed by atoms with Crippen molar-refractivity contribution in [3.63, 3.8) is 0 Å². The van der Waals surface area contributed by atoms with Crippen LogP contribution in [0.15, 0.2) is 95.1 Å². The predicted octanol–water partition coefficient (Wildman–Crippen LogP) is 7.76. The molecular weight excluding hydrogens is 515 g/mol. The van der Waals surface area contributed by atoms with Crippen LogP contribution in [0.2, 0.25) is 10.0 Å². The van der Waals surface area contributed by atoms with Crippen molar-refractivity contribution in [1.82, 2.24) is 5.43 Å². The molecule has 0 fully saturated rings. The molecule has 0 aromatic heterocycles. The zero-order chi connectivity index (χ0) is 26.6. The van der Waals surface area contributed by atoms with Crippen molar-refractivity contribution in [3.05, 3.63) is 117 Å². The Morgan fingerprint density at radius 1 is 0.684 bits per heavy atom. The van der Waals surface area contributed by atoms with Crippen LogP contribution in [0.3, 0.4) is 0 Å². The minimum absolute atomic E-state index is 0.0790. The molecule has 4 aromatic rings. The maximum absolute atomic E-state index is 8.11. The standard InChI is InChI=1S/C30H26Cl2N6/c1-18(35-37-27-11-7-25(32)8-12-27)20-3-13-28-22(15-20)17-23-16-21(4-14-29(23)28)19(2)36-38-30(33)34-26-9-5-24(31)6-10-26/h3-16,37H,17H2,1-2H3,(H3,33,34,38). The molecule has 1 aliphatic rings. The first-order valence-electron chi connectivity index (χ1n) is 12.1. The summed E-state index contributed by atoms with van der Waals surface area (Å²) in [5.41, 5.74) is 16.3. The molecule has 0 saturated heterocycles. The lowest BCUT2D eigenvalue weighted by atomic mass is 10.0. The SMILES string of the molecule is CC(=NNC(=N)Nc1ccc(Cl)cc1)c1ccc2c(c1)Cc1cc(C(C)=NNc3ccc(Cl)cc3)ccc1-2. The number of guanidine groups is 1. The lowest BCUT2D eigenvalue weighted by Crippen LogP contribution is -2.26. The molecular formula is C30H26Cl2N6. The molecule has 0 aliphatic heterocycles. The third-order valence-corrected chi connectivity index (χ3v) is 6.87. The van der Waals surface area contributed by atoms with E-state index in [4.69, 9.17) is 28.6 Å². The monoisotopic (exact) mass is 540 g/mol. The van der Waals surface area contributed by atoms with E-state index in [1.807, 2.05) is 50.2 Å². The fourth-order valence-electron chi connectivity index (χ4n) is 4.31. The molecule has 0 amide bonds. The van der Waals surface area contributed by atoms with Crippen LogP contribution >= 0.6 is 23.2 Å². The van der Waals surface area contributed by atoms with E-state index in [1.54, 1.807) is 12.1 Å². The van der Waals surface area contributed by atoms with Gasteiger partial charge in [-0.25, -0.2) is 5.43 Å². The summed E-state index contributed by atoms with van der Waals surface area (Å²) in [5, 5.41) is 21.3. The van der Waals surface area contributed by atoms with E-state index in [0.717, 1.165) is 40.3 Å². The molecule has 0 heterocycles. The molecule has 5 rings (SSSR count). The van der Waals surface area contributed by atoms with Gasteiger partial charge >= 0.3 is 0 Å². The van der Waals surface area contributed by atoms with Gasteiger partial charge in [-0.3, -0.25) is 10.8 Å². The summed E-state index contributed by atoms with van der Waals surface area (Å²) in [6.07, 6.45) is 0.846. The van der Waals surface area contributed by atoms with E-state index >= 15 is 0 Å². The second kappa shape index (κ2) is 11.1. The van der Waals surface area contributed by atoms with E-state index in [0.29, 0.717) is 10.0 Å². The van der Waals surface area contributed by atoms with Crippen molar-refractivity contribution in [3.8, 4) is 11.1 Å². The molecule has 4 aromatic carbocycles. The summed E-state index contributed by atoms with van der Waals surface area (Å²) in [6.45, 7) is 3.93. The third-order valence-electron chi connectivity index (χ3n) is 6.36. The summed E-state index contributed by atoms with van der Waals surface area (Å²) in [6, 6.07) is 27.5. The van der Waals surface area contributed by atoms with Crippen LogP contribution < -0.4 is 16.2 Å². The van der Waals surface area contributed by atoms with Gasteiger partial charge < -0.3 is 5.32 Å². The first-order chi connectivity index (χ1) is 18.4. The van der Waals surface area contributed by atoms with Gasteiger partial charge in [-0.1, -0.05) is 47.5 Å². The zero-order valence-electron chi connectivity index (χ0n) is 20.9. The van der Waals surface area contributed by atoms with Crippen LogP contribution in [0.5, 0.6) is 0 Å². The smallest absolute Gasteiger partial charge is 0.213 e. The van der Waals surface area contributed by atoms with E-state index < -0.39 is 0 Å². The Bertz CT molecular complexity index is 1560. The fraction of sp³-hybridized carbons (Fsp3) is 0.100. The van der Waals surface area contributed by atoms with Crippen molar-refractivity contribution in [2.24, 2.45) is 10.2 Å². The Balaban J connectivity index is 1.25. The number of fused-ring (bicyclic) bond motifs is 3. The normalized spacial score (nSPS) is 12.5. The lowest BCUT2D eigenvalue weighted by Gasteiger charge is -2.09. The minimum atomic E-state index is 0.0790. The molecule has 0 atom stereocenters. The van der Waals surface area contributed by atoms with E-state index in [1.165, 1.54) is 22.3 Å². The summed E-state index contributed by atoms with van der Waals surface area (Å²) in [5.74, 6) is 0.0790. The Labute approximate surface area is 231 Å². The second-order valence-corrected chi connectivity index (χ2v) is 9.93. The van der Waals surface area contributed by atoms with Crippen molar-refractivity contribution < 1.29 is 0 Å². The fourth-order valence-corrected chi connectivity index (χ4v) is 4.56. The van der Waals surface area contributed by atoms with Gasteiger partial charge in [0.15, 0.2) is 0 Å². The van der Waals surface area contributed by atoms with E-state index in [2.05, 4.69) is 62.8 Å². The predicted molar refractivity (Wildman–Crippen MR) is 160 cm³/mol. The number of hydrogen-bond donors (Lipinski definition) is 4. The van der Waals surface area contributed by atoms with Crippen molar-refractivity contribution in [1.29, 1.82) is 5.41 Å². The third kappa shape index (κ3) is 5.88. The van der Waals surface area contributed by atoms with Crippen LogP contribution in [0.25, 0.3) is 11.1 Å². The lowest BCUT2D eigenvalue weighted by molar-refractivity contribution is 1.00. The maximum Gasteiger partial charge on any atom is 0.213 e. The molecule has 0 bridgehead atoms. The molecule has 38 heavy (non-hydrogen) atoms. The number of hydrogen-bond acceptors (Lipinski definition) is 4. The number of anilines is 2. The van der Waals surface area contributed by atoms with Gasteiger partial charge in [-0.2, -0.15) is 10.2 Å². The minimum Gasteiger partial charge on any atom is -0.325 e. The highest BCUT2D eigenvalue weighted by Gasteiger charge is 2.20. The van der Waals surface area contributed by atoms with Crippen LogP contribution in [-0.2, 0) is 6.42 Å². The number of halogens is 2. The summed E-state index contributed by atoms with van der Waals surface area (Å²) < 4.78 is 0. The molecule has 0 unspecified atom stereocenters. The van der Waals surface area contributed by atoms with Crippen molar-refractivity contribution in [2.45, 2.75) is 20.3 Å². The van der Waals surface area contributed by atoms with Crippen LogP contribution in [0.4, 0.5) is 11.4 Å². The van der Waals surface area contributed by atoms with Crippen LogP contribution in [0, 0.1) is 5.41 Å². The average Bonchev–Trinajstić information content (AvgIpc) is 3.29. The summed E-state index contributed by atoms with van der Waals surface area (Å²) in [4.78, 5) is 0. The summed E-state index contributed by atoms with van der Waals surface area (Å²) >= 11 is 11.9. The van der Waals surface area contributed by atoms with Gasteiger partial charge in [0.2, 0.25) is 5.96 Å². The van der Waals surface area contributed by atoms with Gasteiger partial charge in [0.05, 0.1) is 17.1 Å². The largest absolute Gasteiger partial charge is 0.325 e. The zero-order valence-corrected chi connectivity index (χ0v) is 22.5. The van der Waals surface area contributed by atoms with Gasteiger partial charge in [0.25, 0.3) is 0 Å². The number of hydrazone groups is 2. The van der Waals surface area contributed by atoms with Crippen LogP contribution in [0.1, 0.15) is 36.1 Å². The highest BCUT2D eigenvalue weighted by atomic mass is 35.5. The maximum atomic E-state index is 8.11. The number of benzene rings is 4. The quantitative estimate of drug-likeness (QED) is 0.101. The molecule has 190 valence electrons. The second-order valence-electron chi connectivity index (χ2n) is 9.05. The van der Waals surface area contributed by atoms with Crippen molar-refractivity contribution in [2.75, 3.05) is 10.7 Å².